The molecule has 0 nitrogen and oxygen atoms in total. The van der Waals surface area contributed by atoms with Gasteiger partial charge >= 0.3 is 0 Å². The minimum Gasteiger partial charge on any atom is -0.135 e. The first-order chi connectivity index (χ1) is 26.8. The Morgan fingerprint density at radius 1 is 0.259 bits per heavy atom. The average Bonchev–Trinajstić information content (AvgIpc) is 3.79. The lowest BCUT2D eigenvalue weighted by Crippen LogP contribution is -1.91. The van der Waals surface area contributed by atoms with Crippen molar-refractivity contribution in [2.45, 2.75) is 0 Å². The molecule has 2 heterocycles. The summed E-state index contributed by atoms with van der Waals surface area (Å²) < 4.78 is 5.39. The first-order valence-electron chi connectivity index (χ1n) is 18.5. The van der Waals surface area contributed by atoms with Crippen molar-refractivity contribution in [3.8, 4) is 33.4 Å². The van der Waals surface area contributed by atoms with Crippen LogP contribution in [0.5, 0.6) is 0 Å². The zero-order valence-corrected chi connectivity index (χ0v) is 30.8. The molecule has 12 rings (SSSR count). The van der Waals surface area contributed by atoms with E-state index in [9.17, 15) is 0 Å². The molecule has 0 bridgehead atoms. The molecular weight excluding hydrogens is 689 g/mol. The van der Waals surface area contributed by atoms with Crippen LogP contribution in [0.25, 0.3) is 117 Å². The van der Waals surface area contributed by atoms with Crippen LogP contribution in [0.4, 0.5) is 0 Å². The summed E-state index contributed by atoms with van der Waals surface area (Å²) in [5, 5.41) is 15.7. The summed E-state index contributed by atoms with van der Waals surface area (Å²) in [6, 6.07) is 67.9. The Morgan fingerprint density at radius 3 is 1.59 bits per heavy atom. The van der Waals surface area contributed by atoms with Crippen molar-refractivity contribution >= 4 is 106 Å². The molecule has 2 aromatic heterocycles. The molecule has 0 unspecified atom stereocenters. The summed E-state index contributed by atoms with van der Waals surface area (Å²) in [5.41, 5.74) is 7.57. The van der Waals surface area contributed by atoms with E-state index >= 15 is 0 Å². The smallest absolute Gasteiger partial charge is 0.0362 e. The Balaban J connectivity index is 0.997. The zero-order chi connectivity index (χ0) is 35.3. The van der Waals surface area contributed by atoms with Gasteiger partial charge in [0.05, 0.1) is 0 Å². The maximum Gasteiger partial charge on any atom is 0.0362 e. The van der Waals surface area contributed by atoms with Crippen LogP contribution >= 0.6 is 22.7 Å². The lowest BCUT2D eigenvalue weighted by molar-refractivity contribution is 1.64. The lowest BCUT2D eigenvalue weighted by atomic mass is 9.84. The zero-order valence-electron chi connectivity index (χ0n) is 29.1. The third kappa shape index (κ3) is 4.42. The molecule has 10 aromatic carbocycles. The molecule has 2 heteroatoms. The van der Waals surface area contributed by atoms with Gasteiger partial charge in [0, 0.05) is 40.3 Å². The van der Waals surface area contributed by atoms with E-state index in [2.05, 4.69) is 182 Å². The van der Waals surface area contributed by atoms with Gasteiger partial charge in [0.2, 0.25) is 0 Å². The third-order valence-electron chi connectivity index (χ3n) is 11.4. The summed E-state index contributed by atoms with van der Waals surface area (Å²) in [6.07, 6.45) is 0. The second-order valence-corrected chi connectivity index (χ2v) is 16.5. The lowest BCUT2D eigenvalue weighted by Gasteiger charge is -2.19. The van der Waals surface area contributed by atoms with Crippen LogP contribution in [0.1, 0.15) is 0 Å². The SMILES string of the molecule is c1ccc2c(-c3c4ccccc4c(-c4ccc(-c5ccc6sc7cc8c(ccc9sc%10ccccc%10c98)cc7c6c5)cc4)c4ccccc34)cccc2c1. The highest BCUT2D eigenvalue weighted by molar-refractivity contribution is 7.26. The molecule has 0 aliphatic rings. The largest absolute Gasteiger partial charge is 0.135 e. The highest BCUT2D eigenvalue weighted by Gasteiger charge is 2.18. The van der Waals surface area contributed by atoms with Crippen molar-refractivity contribution in [3.63, 3.8) is 0 Å². The van der Waals surface area contributed by atoms with Crippen molar-refractivity contribution < 1.29 is 0 Å². The Labute approximate surface area is 319 Å². The summed E-state index contributed by atoms with van der Waals surface area (Å²) in [5.74, 6) is 0. The molecule has 0 saturated carbocycles. The molecule has 0 saturated heterocycles. The molecule has 12 aromatic rings. The van der Waals surface area contributed by atoms with Gasteiger partial charge in [-0.2, -0.15) is 0 Å². The van der Waals surface area contributed by atoms with Gasteiger partial charge in [0.1, 0.15) is 0 Å². The molecule has 0 aliphatic carbocycles. The van der Waals surface area contributed by atoms with Crippen LogP contribution in [-0.4, -0.2) is 0 Å². The average molecular weight is 719 g/mol. The number of rotatable bonds is 3. The number of hydrogen-bond donors (Lipinski definition) is 0. The fourth-order valence-electron chi connectivity index (χ4n) is 9.00. The van der Waals surface area contributed by atoms with Gasteiger partial charge < -0.3 is 0 Å². The van der Waals surface area contributed by atoms with Gasteiger partial charge in [-0.15, -0.1) is 22.7 Å². The summed E-state index contributed by atoms with van der Waals surface area (Å²) >= 11 is 3.79. The highest BCUT2D eigenvalue weighted by Crippen LogP contribution is 2.46. The van der Waals surface area contributed by atoms with Crippen LogP contribution in [0.3, 0.4) is 0 Å². The van der Waals surface area contributed by atoms with E-state index in [-0.39, 0.29) is 0 Å². The van der Waals surface area contributed by atoms with E-state index in [1.165, 1.54) is 117 Å². The van der Waals surface area contributed by atoms with E-state index < -0.39 is 0 Å². The number of hydrogen-bond acceptors (Lipinski definition) is 2. The standard InChI is InChI=1S/C52H30S2/c1-2-12-36-32(10-1)11-9-18-37(36)51-40-15-5-3-13-38(40)50(39-14-4-6-16-41(39)51)33-22-20-31(21-23-33)34-24-26-47-44(28-34)45-29-35-25-27-48-52(43(35)30-49(45)54-47)42-17-7-8-19-46(42)53-48/h1-30H. The Bertz CT molecular complexity index is 3430. The van der Waals surface area contributed by atoms with Crippen LogP contribution in [0.15, 0.2) is 182 Å². The van der Waals surface area contributed by atoms with Crippen molar-refractivity contribution in [2.24, 2.45) is 0 Å². The van der Waals surface area contributed by atoms with Gasteiger partial charge in [-0.1, -0.05) is 146 Å². The Kier molecular flexibility index (Phi) is 6.48. The van der Waals surface area contributed by atoms with Gasteiger partial charge in [0.15, 0.2) is 0 Å². The minimum atomic E-state index is 1.23. The maximum absolute atomic E-state index is 2.44. The Hall–Kier alpha value is -6.32. The second-order valence-electron chi connectivity index (χ2n) is 14.4. The predicted octanol–water partition coefficient (Wildman–Crippen LogP) is 16.0. The van der Waals surface area contributed by atoms with Crippen molar-refractivity contribution in [1.82, 2.24) is 0 Å². The molecule has 0 fully saturated rings. The van der Waals surface area contributed by atoms with Gasteiger partial charge in [-0.3, -0.25) is 0 Å². The van der Waals surface area contributed by atoms with Crippen LogP contribution in [0, 0.1) is 0 Å². The molecular formula is C52H30S2. The van der Waals surface area contributed by atoms with Crippen LogP contribution in [0.2, 0.25) is 0 Å². The second kappa shape index (κ2) is 11.6. The molecule has 0 aliphatic heterocycles. The Morgan fingerprint density at radius 2 is 0.815 bits per heavy atom. The summed E-state index contributed by atoms with van der Waals surface area (Å²) in [6.45, 7) is 0. The third-order valence-corrected chi connectivity index (χ3v) is 13.7. The minimum absolute atomic E-state index is 1.23. The predicted molar refractivity (Wildman–Crippen MR) is 239 cm³/mol. The maximum atomic E-state index is 2.44. The quantitative estimate of drug-likeness (QED) is 0.160. The highest BCUT2D eigenvalue weighted by atomic mass is 32.1. The fourth-order valence-corrected chi connectivity index (χ4v) is 11.2. The first-order valence-corrected chi connectivity index (χ1v) is 20.1. The molecule has 250 valence electrons. The van der Waals surface area contributed by atoms with E-state index in [1.807, 2.05) is 22.7 Å². The normalized spacial score (nSPS) is 12.1. The summed E-state index contributed by atoms with van der Waals surface area (Å²) in [4.78, 5) is 0. The molecule has 54 heavy (non-hydrogen) atoms. The van der Waals surface area contributed by atoms with E-state index in [1.54, 1.807) is 0 Å². The molecule has 0 N–H and O–H groups in total. The number of benzene rings is 10. The number of fused-ring (bicyclic) bond motifs is 11. The molecule has 0 atom stereocenters. The van der Waals surface area contributed by atoms with Crippen LogP contribution in [-0.2, 0) is 0 Å². The topological polar surface area (TPSA) is 0 Å². The van der Waals surface area contributed by atoms with Gasteiger partial charge in [-0.05, 0) is 113 Å². The molecule has 0 spiro atoms. The van der Waals surface area contributed by atoms with Crippen molar-refractivity contribution in [1.29, 1.82) is 0 Å². The van der Waals surface area contributed by atoms with E-state index in [0.29, 0.717) is 0 Å². The van der Waals surface area contributed by atoms with Crippen molar-refractivity contribution in [2.75, 3.05) is 0 Å². The van der Waals surface area contributed by atoms with E-state index in [0.717, 1.165) is 0 Å². The van der Waals surface area contributed by atoms with Gasteiger partial charge in [-0.25, -0.2) is 0 Å². The van der Waals surface area contributed by atoms with Crippen molar-refractivity contribution in [3.05, 3.63) is 182 Å². The summed E-state index contributed by atoms with van der Waals surface area (Å²) in [7, 11) is 0. The van der Waals surface area contributed by atoms with E-state index in [4.69, 9.17) is 0 Å². The van der Waals surface area contributed by atoms with Gasteiger partial charge in [0.25, 0.3) is 0 Å². The van der Waals surface area contributed by atoms with Crippen LogP contribution < -0.4 is 0 Å². The fraction of sp³-hybridized carbons (Fsp3) is 0. The first kappa shape index (κ1) is 30.2. The monoisotopic (exact) mass is 718 g/mol. The molecule has 0 radical (unpaired) electrons. The molecule has 0 amide bonds. The number of thiophene rings is 2.